The Labute approximate surface area is 92.5 Å². The second kappa shape index (κ2) is 3.56. The van der Waals surface area contributed by atoms with Gasteiger partial charge >= 0.3 is 0 Å². The van der Waals surface area contributed by atoms with Gasteiger partial charge in [0.25, 0.3) is 0 Å². The van der Waals surface area contributed by atoms with Gasteiger partial charge in [-0.3, -0.25) is 0 Å². The highest BCUT2D eigenvalue weighted by molar-refractivity contribution is 9.08. The van der Waals surface area contributed by atoms with Crippen molar-refractivity contribution in [2.45, 2.75) is 5.33 Å². The fourth-order valence-corrected chi connectivity index (χ4v) is 2.84. The summed E-state index contributed by atoms with van der Waals surface area (Å²) in [5.41, 5.74) is 1.07. The van der Waals surface area contributed by atoms with Crippen molar-refractivity contribution < 1.29 is 4.39 Å². The molecule has 0 aliphatic heterocycles. The van der Waals surface area contributed by atoms with Gasteiger partial charge in [-0.25, -0.2) is 0 Å². The van der Waals surface area contributed by atoms with E-state index in [2.05, 4.69) is 15.9 Å². The predicted octanol–water partition coefficient (Wildman–Crippen LogP) is 4.59. The van der Waals surface area contributed by atoms with Gasteiger partial charge < -0.3 is 0 Å². The fraction of sp³-hybridized carbons (Fsp3) is 0.111. The van der Waals surface area contributed by atoms with Crippen molar-refractivity contribution in [1.29, 1.82) is 0 Å². The van der Waals surface area contributed by atoms with Crippen LogP contribution in [0, 0.1) is 5.13 Å². The molecule has 0 saturated carbocycles. The number of hydrogen-bond acceptors (Lipinski definition) is 1. The van der Waals surface area contributed by atoms with Crippen LogP contribution in [0.25, 0.3) is 10.1 Å². The summed E-state index contributed by atoms with van der Waals surface area (Å²) in [7, 11) is 0. The molecule has 0 aliphatic rings. The third-order valence-corrected chi connectivity index (χ3v) is 3.83. The summed E-state index contributed by atoms with van der Waals surface area (Å²) >= 11 is 10.4. The monoisotopic (exact) mass is 278 g/mol. The summed E-state index contributed by atoms with van der Waals surface area (Å²) < 4.78 is 13.8. The molecule has 2 rings (SSSR count). The van der Waals surface area contributed by atoms with Crippen LogP contribution in [0.3, 0.4) is 0 Å². The van der Waals surface area contributed by atoms with Gasteiger partial charge in [0.2, 0.25) is 0 Å². The number of alkyl halides is 1. The van der Waals surface area contributed by atoms with Crippen LogP contribution in [0.1, 0.15) is 5.56 Å². The zero-order valence-electron chi connectivity index (χ0n) is 6.48. The maximum absolute atomic E-state index is 13.0. The maximum Gasteiger partial charge on any atom is 0.177 e. The third kappa shape index (κ3) is 1.60. The van der Waals surface area contributed by atoms with Crippen molar-refractivity contribution in [3.8, 4) is 0 Å². The van der Waals surface area contributed by atoms with Crippen molar-refractivity contribution in [2.24, 2.45) is 0 Å². The first-order valence-electron chi connectivity index (χ1n) is 3.65. The van der Waals surface area contributed by atoms with Gasteiger partial charge in [-0.05, 0) is 17.7 Å². The largest absolute Gasteiger partial charge is 0.195 e. The predicted molar refractivity (Wildman–Crippen MR) is 59.4 cm³/mol. The average molecular weight is 280 g/mol. The SMILES string of the molecule is Fc1cc2c(CBr)ccc(Cl)c2s1. The summed E-state index contributed by atoms with van der Waals surface area (Å²) in [6.07, 6.45) is 0. The Hall–Kier alpha value is -0.120. The molecule has 0 bridgehead atoms. The highest BCUT2D eigenvalue weighted by Crippen LogP contribution is 2.34. The van der Waals surface area contributed by atoms with Crippen molar-refractivity contribution >= 4 is 49.0 Å². The number of hydrogen-bond donors (Lipinski definition) is 0. The molecule has 0 spiro atoms. The van der Waals surface area contributed by atoms with E-state index in [1.54, 1.807) is 6.07 Å². The third-order valence-electron chi connectivity index (χ3n) is 1.84. The molecular weight excluding hydrogens is 275 g/mol. The molecule has 0 atom stereocenters. The van der Waals surface area contributed by atoms with Crippen LogP contribution in [-0.2, 0) is 5.33 Å². The molecule has 13 heavy (non-hydrogen) atoms. The van der Waals surface area contributed by atoms with Crippen LogP contribution in [0.4, 0.5) is 4.39 Å². The lowest BCUT2D eigenvalue weighted by Crippen LogP contribution is -1.77. The minimum atomic E-state index is -0.190. The first-order chi connectivity index (χ1) is 6.22. The minimum absolute atomic E-state index is 0.190. The number of fused-ring (bicyclic) bond motifs is 1. The number of benzene rings is 1. The van der Waals surface area contributed by atoms with Crippen LogP contribution in [0.15, 0.2) is 18.2 Å². The molecule has 0 N–H and O–H groups in total. The molecule has 1 aromatic carbocycles. The minimum Gasteiger partial charge on any atom is -0.195 e. The topological polar surface area (TPSA) is 0 Å². The van der Waals surface area contributed by atoms with E-state index in [1.807, 2.05) is 6.07 Å². The van der Waals surface area contributed by atoms with E-state index in [0.29, 0.717) is 5.02 Å². The second-order valence-corrected chi connectivity index (χ2v) is 4.60. The highest BCUT2D eigenvalue weighted by Gasteiger charge is 2.08. The molecule has 0 fully saturated rings. The van der Waals surface area contributed by atoms with Crippen LogP contribution >= 0.6 is 38.9 Å². The molecule has 0 amide bonds. The fourth-order valence-electron chi connectivity index (χ4n) is 1.23. The summed E-state index contributed by atoms with van der Waals surface area (Å²) in [6, 6.07) is 5.24. The smallest absolute Gasteiger partial charge is 0.177 e. The van der Waals surface area contributed by atoms with E-state index in [4.69, 9.17) is 11.6 Å². The number of rotatable bonds is 1. The van der Waals surface area contributed by atoms with Gasteiger partial charge in [0.1, 0.15) is 0 Å². The van der Waals surface area contributed by atoms with Gasteiger partial charge in [-0.2, -0.15) is 4.39 Å². The van der Waals surface area contributed by atoms with Crippen LogP contribution in [0.2, 0.25) is 5.02 Å². The van der Waals surface area contributed by atoms with Gasteiger partial charge in [0.15, 0.2) is 5.13 Å². The van der Waals surface area contributed by atoms with Crippen molar-refractivity contribution in [3.63, 3.8) is 0 Å². The second-order valence-electron chi connectivity index (χ2n) is 2.63. The molecule has 0 nitrogen and oxygen atoms in total. The standard InChI is InChI=1S/C9H5BrClFS/c10-4-5-1-2-7(11)9-6(5)3-8(12)13-9/h1-3H,4H2. The molecule has 0 radical (unpaired) electrons. The van der Waals surface area contributed by atoms with E-state index in [-0.39, 0.29) is 5.13 Å². The Morgan fingerprint density at radius 2 is 2.23 bits per heavy atom. The molecule has 0 unspecified atom stereocenters. The zero-order chi connectivity index (χ0) is 9.42. The maximum atomic E-state index is 13.0. The summed E-state index contributed by atoms with van der Waals surface area (Å²) in [4.78, 5) is 0. The van der Waals surface area contributed by atoms with Crippen LogP contribution in [-0.4, -0.2) is 0 Å². The molecule has 68 valence electrons. The quantitative estimate of drug-likeness (QED) is 0.670. The Morgan fingerprint density at radius 3 is 2.92 bits per heavy atom. The number of halogens is 3. The Kier molecular flexibility index (Phi) is 2.58. The zero-order valence-corrected chi connectivity index (χ0v) is 9.64. The van der Waals surface area contributed by atoms with Gasteiger partial charge in [-0.15, -0.1) is 11.3 Å². The lowest BCUT2D eigenvalue weighted by Gasteiger charge is -1.98. The lowest BCUT2D eigenvalue weighted by molar-refractivity contribution is 0.658. The summed E-state index contributed by atoms with van der Waals surface area (Å²) in [5.74, 6) is 0. The molecular formula is C9H5BrClFS. The van der Waals surface area contributed by atoms with E-state index < -0.39 is 0 Å². The first-order valence-corrected chi connectivity index (χ1v) is 5.96. The van der Waals surface area contributed by atoms with Gasteiger partial charge in [-0.1, -0.05) is 33.6 Å². The molecule has 1 heterocycles. The van der Waals surface area contributed by atoms with E-state index in [1.165, 1.54) is 6.07 Å². The molecule has 0 saturated heterocycles. The van der Waals surface area contributed by atoms with E-state index >= 15 is 0 Å². The van der Waals surface area contributed by atoms with Crippen LogP contribution in [0.5, 0.6) is 0 Å². The number of thiophene rings is 1. The Morgan fingerprint density at radius 1 is 1.46 bits per heavy atom. The lowest BCUT2D eigenvalue weighted by atomic mass is 10.1. The highest BCUT2D eigenvalue weighted by atomic mass is 79.9. The van der Waals surface area contributed by atoms with Gasteiger partial charge in [0, 0.05) is 10.7 Å². The van der Waals surface area contributed by atoms with Crippen LogP contribution < -0.4 is 0 Å². The van der Waals surface area contributed by atoms with Crippen molar-refractivity contribution in [3.05, 3.63) is 33.9 Å². The summed E-state index contributed by atoms with van der Waals surface area (Å²) in [6.45, 7) is 0. The van der Waals surface area contributed by atoms with Crippen molar-refractivity contribution in [1.82, 2.24) is 0 Å². The molecule has 2 aromatic rings. The van der Waals surface area contributed by atoms with E-state index in [9.17, 15) is 4.39 Å². The van der Waals surface area contributed by atoms with Gasteiger partial charge in [0.05, 0.1) is 9.72 Å². The molecule has 1 aromatic heterocycles. The Bertz CT molecular complexity index is 452. The average Bonchev–Trinajstić information content (AvgIpc) is 2.48. The summed E-state index contributed by atoms with van der Waals surface area (Å²) in [5, 5.41) is 2.06. The van der Waals surface area contributed by atoms with E-state index in [0.717, 1.165) is 32.3 Å². The van der Waals surface area contributed by atoms with Crippen molar-refractivity contribution in [2.75, 3.05) is 0 Å². The molecule has 0 aliphatic carbocycles. The first kappa shape index (κ1) is 9.44. The Balaban J connectivity index is 2.83. The molecule has 4 heteroatoms. The normalized spacial score (nSPS) is 11.0.